The summed E-state index contributed by atoms with van der Waals surface area (Å²) >= 11 is 0. The van der Waals surface area contributed by atoms with Gasteiger partial charge in [0.05, 0.1) is 0 Å². The second-order valence-corrected chi connectivity index (χ2v) is 6.10. The largest absolute Gasteiger partial charge is 0.356 e. The number of rotatable bonds is 9. The fraction of sp³-hybridized carbons (Fsp3) is 0.750. The van der Waals surface area contributed by atoms with Crippen LogP contribution in [0.25, 0.3) is 0 Å². The van der Waals surface area contributed by atoms with E-state index in [0.29, 0.717) is 5.92 Å². The van der Waals surface area contributed by atoms with Crippen molar-refractivity contribution < 1.29 is 0 Å². The Morgan fingerprint density at radius 1 is 1.23 bits per heavy atom. The van der Waals surface area contributed by atoms with Crippen LogP contribution in [0.15, 0.2) is 23.5 Å². The first-order valence-electron chi connectivity index (χ1n) is 8.03. The highest BCUT2D eigenvalue weighted by Gasteiger charge is 2.05. The highest BCUT2D eigenvalue weighted by atomic mass is 127. The van der Waals surface area contributed by atoms with E-state index in [2.05, 4.69) is 41.5 Å². The summed E-state index contributed by atoms with van der Waals surface area (Å²) in [5.74, 6) is 2.20. The molecule has 0 aliphatic carbocycles. The Kier molecular flexibility index (Phi) is 12.3. The number of hydrogen-bond acceptors (Lipinski definition) is 2. The van der Waals surface area contributed by atoms with E-state index in [1.807, 2.05) is 30.2 Å². The van der Waals surface area contributed by atoms with Crippen LogP contribution in [0.4, 0.5) is 0 Å². The molecule has 1 rings (SSSR count). The molecule has 1 unspecified atom stereocenters. The van der Waals surface area contributed by atoms with Crippen molar-refractivity contribution in [1.82, 2.24) is 20.4 Å². The summed E-state index contributed by atoms with van der Waals surface area (Å²) in [6, 6.07) is 1.96. The van der Waals surface area contributed by atoms with Gasteiger partial charge in [0.15, 0.2) is 5.96 Å². The first-order valence-corrected chi connectivity index (χ1v) is 8.03. The lowest BCUT2D eigenvalue weighted by Gasteiger charge is -2.16. The number of aliphatic imine (C=N–C) groups is 1. The minimum atomic E-state index is 0. The fourth-order valence-electron chi connectivity index (χ4n) is 2.17. The monoisotopic (exact) mass is 421 g/mol. The SMILES string of the molecule is CN=C(NCCCCC(C)C)NCC(C)Cn1cccn1.I. The molecule has 1 aromatic rings. The summed E-state index contributed by atoms with van der Waals surface area (Å²) in [7, 11) is 1.82. The third-order valence-electron chi connectivity index (χ3n) is 3.40. The van der Waals surface area contributed by atoms with E-state index < -0.39 is 0 Å². The number of guanidine groups is 1. The lowest BCUT2D eigenvalue weighted by molar-refractivity contribution is 0.443. The average Bonchev–Trinajstić information content (AvgIpc) is 2.94. The Morgan fingerprint density at radius 3 is 2.59 bits per heavy atom. The summed E-state index contributed by atoms with van der Waals surface area (Å²) in [5, 5.41) is 11.0. The Labute approximate surface area is 152 Å². The van der Waals surface area contributed by atoms with Crippen molar-refractivity contribution in [2.45, 2.75) is 46.6 Å². The number of unbranched alkanes of at least 4 members (excludes halogenated alkanes) is 1. The van der Waals surface area contributed by atoms with Gasteiger partial charge in [-0.1, -0.05) is 33.6 Å². The van der Waals surface area contributed by atoms with Crippen molar-refractivity contribution in [1.29, 1.82) is 0 Å². The predicted molar refractivity (Wildman–Crippen MR) is 105 cm³/mol. The molecule has 0 saturated heterocycles. The van der Waals surface area contributed by atoms with Crippen LogP contribution in [-0.4, -0.2) is 35.9 Å². The molecule has 128 valence electrons. The van der Waals surface area contributed by atoms with Crippen LogP contribution in [0.3, 0.4) is 0 Å². The van der Waals surface area contributed by atoms with E-state index in [4.69, 9.17) is 0 Å². The highest BCUT2D eigenvalue weighted by molar-refractivity contribution is 14.0. The van der Waals surface area contributed by atoms with Crippen LogP contribution in [0, 0.1) is 11.8 Å². The van der Waals surface area contributed by atoms with Crippen molar-refractivity contribution >= 4 is 29.9 Å². The zero-order valence-corrected chi connectivity index (χ0v) is 16.7. The molecule has 0 fully saturated rings. The Morgan fingerprint density at radius 2 is 2.00 bits per heavy atom. The van der Waals surface area contributed by atoms with Gasteiger partial charge in [0.2, 0.25) is 0 Å². The van der Waals surface area contributed by atoms with E-state index in [-0.39, 0.29) is 24.0 Å². The van der Waals surface area contributed by atoms with Crippen molar-refractivity contribution in [2.75, 3.05) is 20.1 Å². The van der Waals surface area contributed by atoms with Gasteiger partial charge in [-0.05, 0) is 24.3 Å². The lowest BCUT2D eigenvalue weighted by Crippen LogP contribution is -2.40. The van der Waals surface area contributed by atoms with Crippen molar-refractivity contribution in [2.24, 2.45) is 16.8 Å². The van der Waals surface area contributed by atoms with Crippen LogP contribution >= 0.6 is 24.0 Å². The third kappa shape index (κ3) is 10.0. The summed E-state index contributed by atoms with van der Waals surface area (Å²) in [6.07, 6.45) is 7.59. The zero-order chi connectivity index (χ0) is 15.5. The summed E-state index contributed by atoms with van der Waals surface area (Å²) in [6.45, 7) is 9.56. The predicted octanol–water partition coefficient (Wildman–Crippen LogP) is 3.13. The van der Waals surface area contributed by atoms with Crippen LogP contribution < -0.4 is 10.6 Å². The summed E-state index contributed by atoms with van der Waals surface area (Å²) < 4.78 is 1.97. The van der Waals surface area contributed by atoms with Gasteiger partial charge in [-0.3, -0.25) is 9.67 Å². The first-order chi connectivity index (χ1) is 10.1. The van der Waals surface area contributed by atoms with E-state index in [1.54, 1.807) is 0 Å². The van der Waals surface area contributed by atoms with Crippen LogP contribution in [0.1, 0.15) is 40.0 Å². The first kappa shape index (κ1) is 21.2. The van der Waals surface area contributed by atoms with E-state index in [0.717, 1.165) is 31.5 Å². The minimum Gasteiger partial charge on any atom is -0.356 e. The van der Waals surface area contributed by atoms with Gasteiger partial charge in [-0.2, -0.15) is 5.10 Å². The van der Waals surface area contributed by atoms with Gasteiger partial charge in [-0.15, -0.1) is 24.0 Å². The maximum atomic E-state index is 4.26. The second-order valence-electron chi connectivity index (χ2n) is 6.10. The average molecular weight is 421 g/mol. The molecule has 1 atom stereocenters. The number of halogens is 1. The van der Waals surface area contributed by atoms with Crippen molar-refractivity contribution in [3.63, 3.8) is 0 Å². The molecule has 0 aliphatic rings. The summed E-state index contributed by atoms with van der Waals surface area (Å²) in [4.78, 5) is 4.26. The molecule has 0 aliphatic heterocycles. The molecular weight excluding hydrogens is 389 g/mol. The number of nitrogens with zero attached hydrogens (tertiary/aromatic N) is 3. The maximum absolute atomic E-state index is 4.26. The van der Waals surface area contributed by atoms with E-state index >= 15 is 0 Å². The molecule has 5 nitrogen and oxygen atoms in total. The smallest absolute Gasteiger partial charge is 0.190 e. The number of nitrogens with one attached hydrogen (secondary N) is 2. The molecule has 0 spiro atoms. The van der Waals surface area contributed by atoms with E-state index in [1.165, 1.54) is 19.3 Å². The molecule has 1 aromatic heterocycles. The summed E-state index contributed by atoms with van der Waals surface area (Å²) in [5.41, 5.74) is 0. The lowest BCUT2D eigenvalue weighted by atomic mass is 10.1. The van der Waals surface area contributed by atoms with Gasteiger partial charge in [-0.25, -0.2) is 0 Å². The second kappa shape index (κ2) is 12.7. The molecule has 0 amide bonds. The molecule has 0 bridgehead atoms. The molecule has 0 aromatic carbocycles. The normalized spacial score (nSPS) is 12.9. The Bertz CT molecular complexity index is 389. The van der Waals surface area contributed by atoms with Crippen LogP contribution in [0.2, 0.25) is 0 Å². The zero-order valence-electron chi connectivity index (χ0n) is 14.4. The molecule has 1 heterocycles. The topological polar surface area (TPSA) is 54.2 Å². The number of hydrogen-bond donors (Lipinski definition) is 2. The molecule has 0 radical (unpaired) electrons. The van der Waals surface area contributed by atoms with Gasteiger partial charge in [0.1, 0.15) is 0 Å². The van der Waals surface area contributed by atoms with Crippen molar-refractivity contribution in [3.8, 4) is 0 Å². The Hall–Kier alpha value is -0.790. The van der Waals surface area contributed by atoms with E-state index in [9.17, 15) is 0 Å². The molecule has 2 N–H and O–H groups in total. The molecular formula is C16H32IN5. The molecule has 22 heavy (non-hydrogen) atoms. The van der Waals surface area contributed by atoms with Gasteiger partial charge in [0, 0.05) is 39.1 Å². The fourth-order valence-corrected chi connectivity index (χ4v) is 2.17. The minimum absolute atomic E-state index is 0. The standard InChI is InChI=1S/C16H31N5.HI/c1-14(2)8-5-6-9-18-16(17-4)19-12-15(3)13-21-11-7-10-20-21;/h7,10-11,14-15H,5-6,8-9,12-13H2,1-4H3,(H2,17,18,19);1H. The van der Waals surface area contributed by atoms with Gasteiger partial charge >= 0.3 is 0 Å². The number of aromatic nitrogens is 2. The Balaban J connectivity index is 0.00000441. The maximum Gasteiger partial charge on any atom is 0.190 e. The van der Waals surface area contributed by atoms with Crippen LogP contribution in [0.5, 0.6) is 0 Å². The third-order valence-corrected chi connectivity index (χ3v) is 3.40. The van der Waals surface area contributed by atoms with Crippen LogP contribution in [-0.2, 0) is 6.54 Å². The molecule has 6 heteroatoms. The van der Waals surface area contributed by atoms with Crippen molar-refractivity contribution in [3.05, 3.63) is 18.5 Å². The molecule has 0 saturated carbocycles. The highest BCUT2D eigenvalue weighted by Crippen LogP contribution is 2.05. The quantitative estimate of drug-likeness (QED) is 0.279. The van der Waals surface area contributed by atoms with Gasteiger partial charge < -0.3 is 10.6 Å². The van der Waals surface area contributed by atoms with Gasteiger partial charge in [0.25, 0.3) is 0 Å².